The Morgan fingerprint density at radius 2 is 2.12 bits per heavy atom. The fourth-order valence-corrected chi connectivity index (χ4v) is 1.28. The van der Waals surface area contributed by atoms with Gasteiger partial charge in [-0.05, 0) is 24.3 Å². The highest BCUT2D eigenvalue weighted by Gasteiger charge is 2.09. The van der Waals surface area contributed by atoms with Gasteiger partial charge in [0.1, 0.15) is 5.56 Å². The minimum absolute atomic E-state index is 0.0173. The van der Waals surface area contributed by atoms with Gasteiger partial charge in [0.05, 0.1) is 0 Å². The highest BCUT2D eigenvalue weighted by molar-refractivity contribution is 5.92. The number of nitrogens with zero attached hydrogens (tertiary/aromatic N) is 3. The van der Waals surface area contributed by atoms with Crippen LogP contribution in [0.15, 0.2) is 47.7 Å². The van der Waals surface area contributed by atoms with E-state index in [9.17, 15) is 10.0 Å². The van der Waals surface area contributed by atoms with Gasteiger partial charge < -0.3 is 10.3 Å². The second-order valence-electron chi connectivity index (χ2n) is 3.19. The molecular formula is C11H9N3O3. The van der Waals surface area contributed by atoms with Crippen LogP contribution in [0.2, 0.25) is 0 Å². The number of aromatic carboxylic acids is 1. The fourth-order valence-electron chi connectivity index (χ4n) is 1.28. The van der Waals surface area contributed by atoms with Crippen LogP contribution in [-0.2, 0) is 0 Å². The Balaban J connectivity index is 2.61. The number of pyridine rings is 2. The van der Waals surface area contributed by atoms with E-state index in [-0.39, 0.29) is 16.9 Å². The van der Waals surface area contributed by atoms with Crippen LogP contribution in [0.4, 0.5) is 5.82 Å². The molecule has 0 aliphatic carbocycles. The van der Waals surface area contributed by atoms with Crippen molar-refractivity contribution in [2.45, 2.75) is 0 Å². The smallest absolute Gasteiger partial charge is 0.339 e. The second kappa shape index (κ2) is 4.48. The van der Waals surface area contributed by atoms with E-state index in [1.54, 1.807) is 18.2 Å². The van der Waals surface area contributed by atoms with Gasteiger partial charge in [0.2, 0.25) is 0 Å². The van der Waals surface area contributed by atoms with Crippen molar-refractivity contribution in [2.24, 2.45) is 4.99 Å². The first-order valence-electron chi connectivity index (χ1n) is 4.78. The van der Waals surface area contributed by atoms with E-state index >= 15 is 0 Å². The lowest BCUT2D eigenvalue weighted by Gasteiger charge is -2.00. The van der Waals surface area contributed by atoms with E-state index in [4.69, 9.17) is 5.11 Å². The molecule has 0 bridgehead atoms. The summed E-state index contributed by atoms with van der Waals surface area (Å²) in [6, 6.07) is 7.75. The maximum Gasteiger partial charge on any atom is 0.339 e. The summed E-state index contributed by atoms with van der Waals surface area (Å²) >= 11 is 0. The number of carboxylic acid groups (broad SMARTS) is 1. The molecule has 0 atom stereocenters. The van der Waals surface area contributed by atoms with Crippen LogP contribution in [0.25, 0.3) is 0 Å². The van der Waals surface area contributed by atoms with Crippen LogP contribution in [0.5, 0.6) is 0 Å². The Morgan fingerprint density at radius 3 is 2.82 bits per heavy atom. The number of carboxylic acids is 1. The first-order valence-corrected chi connectivity index (χ1v) is 4.78. The standard InChI is InChI=1S/C11H9N3O3/c15-11(16)8-4-3-6-12-10(8)13-9-5-1-2-7-14(9)17/h1-7,17H,(H,15,16)/b13-9+. The molecule has 0 unspecified atom stereocenters. The third-order valence-electron chi connectivity index (χ3n) is 2.06. The van der Waals surface area contributed by atoms with Gasteiger partial charge in [-0.15, -0.1) is 0 Å². The van der Waals surface area contributed by atoms with Crippen molar-refractivity contribution in [1.82, 2.24) is 9.71 Å². The fraction of sp³-hybridized carbons (Fsp3) is 0. The largest absolute Gasteiger partial charge is 0.478 e. The molecule has 0 aliphatic heterocycles. The molecule has 17 heavy (non-hydrogen) atoms. The monoisotopic (exact) mass is 231 g/mol. The summed E-state index contributed by atoms with van der Waals surface area (Å²) in [6.07, 6.45) is 2.83. The van der Waals surface area contributed by atoms with Crippen molar-refractivity contribution >= 4 is 11.8 Å². The van der Waals surface area contributed by atoms with Gasteiger partial charge in [0, 0.05) is 12.4 Å². The lowest BCUT2D eigenvalue weighted by Crippen LogP contribution is -2.16. The molecule has 2 aromatic heterocycles. The molecule has 2 N–H and O–H groups in total. The third kappa shape index (κ3) is 2.31. The predicted molar refractivity (Wildman–Crippen MR) is 58.0 cm³/mol. The number of carbonyl (C=O) groups is 1. The molecule has 0 aliphatic rings. The van der Waals surface area contributed by atoms with Gasteiger partial charge in [-0.25, -0.2) is 14.8 Å². The van der Waals surface area contributed by atoms with Crippen molar-refractivity contribution in [3.63, 3.8) is 0 Å². The van der Waals surface area contributed by atoms with Gasteiger partial charge >= 0.3 is 5.97 Å². The molecule has 0 amide bonds. The molecule has 0 saturated carbocycles. The second-order valence-corrected chi connectivity index (χ2v) is 3.19. The third-order valence-corrected chi connectivity index (χ3v) is 2.06. The first-order chi connectivity index (χ1) is 8.18. The number of aromatic nitrogens is 2. The molecule has 0 aromatic carbocycles. The van der Waals surface area contributed by atoms with Gasteiger partial charge in [0.25, 0.3) is 0 Å². The molecular weight excluding hydrogens is 222 g/mol. The van der Waals surface area contributed by atoms with Crippen LogP contribution in [0, 0.1) is 0 Å². The van der Waals surface area contributed by atoms with Gasteiger partial charge in [-0.1, -0.05) is 6.07 Å². The minimum Gasteiger partial charge on any atom is -0.478 e. The number of hydrogen-bond donors (Lipinski definition) is 2. The molecule has 6 heteroatoms. The van der Waals surface area contributed by atoms with E-state index in [0.717, 1.165) is 4.73 Å². The first kappa shape index (κ1) is 10.9. The van der Waals surface area contributed by atoms with E-state index in [2.05, 4.69) is 9.98 Å². The lowest BCUT2D eigenvalue weighted by atomic mass is 10.2. The molecule has 2 heterocycles. The maximum absolute atomic E-state index is 10.9. The van der Waals surface area contributed by atoms with Gasteiger partial charge in [0.15, 0.2) is 11.3 Å². The zero-order valence-corrected chi connectivity index (χ0v) is 8.69. The highest BCUT2D eigenvalue weighted by atomic mass is 16.5. The molecule has 86 valence electrons. The lowest BCUT2D eigenvalue weighted by molar-refractivity contribution is 0.0697. The summed E-state index contributed by atoms with van der Waals surface area (Å²) in [6.45, 7) is 0. The molecule has 0 spiro atoms. The molecule has 0 fully saturated rings. The summed E-state index contributed by atoms with van der Waals surface area (Å²) in [4.78, 5) is 18.8. The zero-order chi connectivity index (χ0) is 12.3. The number of rotatable bonds is 2. The molecule has 0 radical (unpaired) electrons. The summed E-state index contributed by atoms with van der Waals surface area (Å²) < 4.78 is 0.792. The van der Waals surface area contributed by atoms with Crippen molar-refractivity contribution in [3.8, 4) is 0 Å². The van der Waals surface area contributed by atoms with Crippen LogP contribution in [-0.4, -0.2) is 26.0 Å². The average Bonchev–Trinajstić information content (AvgIpc) is 2.32. The minimum atomic E-state index is -1.11. The van der Waals surface area contributed by atoms with E-state index in [1.165, 1.54) is 24.5 Å². The Morgan fingerprint density at radius 1 is 1.29 bits per heavy atom. The highest BCUT2D eigenvalue weighted by Crippen LogP contribution is 2.13. The molecule has 2 aromatic rings. The Kier molecular flexibility index (Phi) is 2.87. The van der Waals surface area contributed by atoms with Gasteiger partial charge in [-0.2, -0.15) is 4.73 Å². The number of hydrogen-bond acceptors (Lipinski definition) is 4. The quantitative estimate of drug-likeness (QED) is 0.756. The van der Waals surface area contributed by atoms with Crippen molar-refractivity contribution < 1.29 is 15.1 Å². The Hall–Kier alpha value is -2.63. The molecule has 0 saturated heterocycles. The van der Waals surface area contributed by atoms with E-state index in [0.29, 0.717) is 0 Å². The van der Waals surface area contributed by atoms with Crippen molar-refractivity contribution in [3.05, 3.63) is 53.8 Å². The topological polar surface area (TPSA) is 87.7 Å². The van der Waals surface area contributed by atoms with Crippen molar-refractivity contribution in [1.29, 1.82) is 0 Å². The summed E-state index contributed by atoms with van der Waals surface area (Å²) in [5.41, 5.74) is 0.185. The molecule has 2 rings (SSSR count). The van der Waals surface area contributed by atoms with E-state index < -0.39 is 5.97 Å². The van der Waals surface area contributed by atoms with Crippen LogP contribution in [0.1, 0.15) is 10.4 Å². The Bertz CT molecular complexity index is 619. The SMILES string of the molecule is O=C(O)c1cccnc1/N=c1\ccccn1O. The summed E-state index contributed by atoms with van der Waals surface area (Å²) in [5.74, 6) is -1.06. The zero-order valence-electron chi connectivity index (χ0n) is 8.69. The summed E-state index contributed by atoms with van der Waals surface area (Å²) in [5, 5.41) is 18.4. The summed E-state index contributed by atoms with van der Waals surface area (Å²) in [7, 11) is 0. The van der Waals surface area contributed by atoms with E-state index in [1.807, 2.05) is 0 Å². The maximum atomic E-state index is 10.9. The van der Waals surface area contributed by atoms with Crippen LogP contribution < -0.4 is 5.49 Å². The molecule has 6 nitrogen and oxygen atoms in total. The van der Waals surface area contributed by atoms with Crippen LogP contribution in [0.3, 0.4) is 0 Å². The predicted octanol–water partition coefficient (Wildman–Crippen LogP) is 1.05. The average molecular weight is 231 g/mol. The van der Waals surface area contributed by atoms with Crippen LogP contribution >= 0.6 is 0 Å². The normalized spacial score (nSPS) is 11.4. The van der Waals surface area contributed by atoms with Gasteiger partial charge in [-0.3, -0.25) is 0 Å². The van der Waals surface area contributed by atoms with Crippen molar-refractivity contribution in [2.75, 3.05) is 0 Å². The Labute approximate surface area is 96.1 Å².